The second kappa shape index (κ2) is 5.67. The van der Waals surface area contributed by atoms with E-state index in [0.717, 1.165) is 0 Å². The lowest BCUT2D eigenvalue weighted by molar-refractivity contribution is 0.0697. The highest BCUT2D eigenvalue weighted by Crippen LogP contribution is 2.25. The molecule has 0 heterocycles. The van der Waals surface area contributed by atoms with Crippen LogP contribution in [0.5, 0.6) is 5.75 Å². The van der Waals surface area contributed by atoms with E-state index in [9.17, 15) is 14.0 Å². The Labute approximate surface area is 101 Å². The van der Waals surface area contributed by atoms with E-state index in [4.69, 9.17) is 10.2 Å². The Hall–Kier alpha value is -2.57. The molecule has 1 aromatic carbocycles. The zero-order valence-electron chi connectivity index (χ0n) is 9.14. The van der Waals surface area contributed by atoms with Crippen molar-refractivity contribution in [2.45, 2.75) is 0 Å². The smallest absolute Gasteiger partial charge is 0.411 e. The monoisotopic (exact) mass is 255 g/mol. The number of benzene rings is 1. The Kier molecular flexibility index (Phi) is 4.25. The molecule has 18 heavy (non-hydrogen) atoms. The van der Waals surface area contributed by atoms with E-state index in [2.05, 4.69) is 16.6 Å². The number of amides is 1. The van der Waals surface area contributed by atoms with Gasteiger partial charge in [-0.25, -0.2) is 14.0 Å². The van der Waals surface area contributed by atoms with Crippen LogP contribution in [0, 0.1) is 5.82 Å². The van der Waals surface area contributed by atoms with Crippen LogP contribution in [0.4, 0.5) is 14.9 Å². The second-order valence-corrected chi connectivity index (χ2v) is 3.17. The Morgan fingerprint density at radius 3 is 2.72 bits per heavy atom. The Bertz CT molecular complexity index is 500. The number of carbonyl (C=O) groups excluding carboxylic acids is 1. The fourth-order valence-corrected chi connectivity index (χ4v) is 1.12. The molecule has 0 aliphatic rings. The molecule has 0 aromatic heterocycles. The van der Waals surface area contributed by atoms with Crippen molar-refractivity contribution < 1.29 is 28.9 Å². The summed E-state index contributed by atoms with van der Waals surface area (Å²) in [7, 11) is 0. The molecule has 0 aliphatic carbocycles. The third kappa shape index (κ3) is 3.21. The molecule has 1 amide bonds. The number of hydrogen-bond acceptors (Lipinski definition) is 4. The normalized spacial score (nSPS) is 9.61. The van der Waals surface area contributed by atoms with Crippen molar-refractivity contribution in [1.82, 2.24) is 0 Å². The van der Waals surface area contributed by atoms with E-state index in [1.54, 1.807) is 0 Å². The molecule has 96 valence electrons. The van der Waals surface area contributed by atoms with Crippen LogP contribution in [0.2, 0.25) is 0 Å². The quantitative estimate of drug-likeness (QED) is 0.564. The minimum atomic E-state index is -1.43. The van der Waals surface area contributed by atoms with Crippen LogP contribution < -0.4 is 5.32 Å². The third-order valence-electron chi connectivity index (χ3n) is 1.89. The van der Waals surface area contributed by atoms with Crippen LogP contribution in [0.25, 0.3) is 0 Å². The van der Waals surface area contributed by atoms with E-state index in [-0.39, 0.29) is 12.3 Å². The number of aromatic carboxylic acids is 1. The SMILES string of the molecule is C=CCOC(=O)Nc1cc(F)c(O)cc1C(=O)O. The molecule has 0 saturated carbocycles. The zero-order valence-corrected chi connectivity index (χ0v) is 9.14. The maximum absolute atomic E-state index is 13.1. The molecule has 7 heteroatoms. The van der Waals surface area contributed by atoms with Gasteiger partial charge in [0.2, 0.25) is 0 Å². The topological polar surface area (TPSA) is 95.9 Å². The number of halogens is 1. The number of carboxylic acid groups (broad SMARTS) is 1. The van der Waals surface area contributed by atoms with E-state index in [1.165, 1.54) is 6.08 Å². The van der Waals surface area contributed by atoms with Crippen molar-refractivity contribution in [3.63, 3.8) is 0 Å². The van der Waals surface area contributed by atoms with E-state index in [1.807, 2.05) is 0 Å². The first-order valence-corrected chi connectivity index (χ1v) is 4.76. The van der Waals surface area contributed by atoms with Crippen LogP contribution >= 0.6 is 0 Å². The summed E-state index contributed by atoms with van der Waals surface area (Å²) in [6.45, 7) is 3.24. The second-order valence-electron chi connectivity index (χ2n) is 3.17. The Morgan fingerprint density at radius 1 is 1.50 bits per heavy atom. The first kappa shape index (κ1) is 13.5. The highest BCUT2D eigenvalue weighted by atomic mass is 19.1. The first-order valence-electron chi connectivity index (χ1n) is 4.76. The summed E-state index contributed by atoms with van der Waals surface area (Å²) in [5.41, 5.74) is -0.767. The molecule has 0 bridgehead atoms. The average Bonchev–Trinajstić information content (AvgIpc) is 2.30. The molecule has 6 nitrogen and oxygen atoms in total. The molecular weight excluding hydrogens is 245 g/mol. The lowest BCUT2D eigenvalue weighted by Gasteiger charge is -2.09. The number of nitrogens with one attached hydrogen (secondary N) is 1. The molecule has 1 aromatic rings. The molecule has 0 unspecified atom stereocenters. The third-order valence-corrected chi connectivity index (χ3v) is 1.89. The van der Waals surface area contributed by atoms with Gasteiger partial charge in [0.05, 0.1) is 11.3 Å². The molecule has 0 atom stereocenters. The number of aromatic hydroxyl groups is 1. The van der Waals surface area contributed by atoms with E-state index < -0.39 is 29.2 Å². The number of rotatable bonds is 4. The predicted molar refractivity (Wildman–Crippen MR) is 60.2 cm³/mol. The van der Waals surface area contributed by atoms with Gasteiger partial charge in [0.25, 0.3) is 0 Å². The zero-order chi connectivity index (χ0) is 13.7. The van der Waals surface area contributed by atoms with Crippen LogP contribution in [0.1, 0.15) is 10.4 Å². The summed E-state index contributed by atoms with van der Waals surface area (Å²) >= 11 is 0. The summed E-state index contributed by atoms with van der Waals surface area (Å²) in [4.78, 5) is 22.0. The van der Waals surface area contributed by atoms with Gasteiger partial charge in [0.1, 0.15) is 6.61 Å². The molecule has 1 rings (SSSR count). The van der Waals surface area contributed by atoms with Gasteiger partial charge in [-0.15, -0.1) is 0 Å². The highest BCUT2D eigenvalue weighted by Gasteiger charge is 2.17. The minimum Gasteiger partial charge on any atom is -0.505 e. The van der Waals surface area contributed by atoms with Gasteiger partial charge in [-0.2, -0.15) is 0 Å². The molecule has 0 radical (unpaired) electrons. The molecule has 3 N–H and O–H groups in total. The van der Waals surface area contributed by atoms with E-state index in [0.29, 0.717) is 12.1 Å². The maximum Gasteiger partial charge on any atom is 0.411 e. The number of anilines is 1. The highest BCUT2D eigenvalue weighted by molar-refractivity contribution is 5.99. The summed E-state index contributed by atoms with van der Waals surface area (Å²) in [5.74, 6) is -3.30. The molecule has 0 saturated heterocycles. The molecule has 0 fully saturated rings. The van der Waals surface area contributed by atoms with Crippen molar-refractivity contribution in [3.8, 4) is 5.75 Å². The molecule has 0 spiro atoms. The van der Waals surface area contributed by atoms with Crippen molar-refractivity contribution in [2.24, 2.45) is 0 Å². The van der Waals surface area contributed by atoms with Crippen molar-refractivity contribution >= 4 is 17.7 Å². The number of ether oxygens (including phenoxy) is 1. The summed E-state index contributed by atoms with van der Waals surface area (Å²) in [6, 6.07) is 1.38. The Balaban J connectivity index is 3.00. The average molecular weight is 255 g/mol. The predicted octanol–water partition coefficient (Wildman–Crippen LogP) is 1.96. The maximum atomic E-state index is 13.1. The lowest BCUT2D eigenvalue weighted by atomic mass is 10.1. The number of phenols is 1. The Morgan fingerprint density at radius 2 is 2.17 bits per heavy atom. The first-order chi connectivity index (χ1) is 8.45. The molecule has 0 aliphatic heterocycles. The van der Waals surface area contributed by atoms with Gasteiger partial charge in [0, 0.05) is 6.07 Å². The van der Waals surface area contributed by atoms with Crippen molar-refractivity contribution in [1.29, 1.82) is 0 Å². The van der Waals surface area contributed by atoms with Crippen molar-refractivity contribution in [2.75, 3.05) is 11.9 Å². The van der Waals surface area contributed by atoms with Crippen LogP contribution in [-0.4, -0.2) is 28.9 Å². The summed E-state index contributed by atoms with van der Waals surface area (Å²) in [5, 5.41) is 19.9. The van der Waals surface area contributed by atoms with Gasteiger partial charge >= 0.3 is 12.1 Å². The van der Waals surface area contributed by atoms with Crippen molar-refractivity contribution in [3.05, 3.63) is 36.2 Å². The standard InChI is InChI=1S/C11H10FNO5/c1-2-3-18-11(17)13-8-5-7(12)9(14)4-6(8)10(15)16/h2,4-5,14H,1,3H2,(H,13,17)(H,15,16). The number of carboxylic acids is 1. The van der Waals surface area contributed by atoms with Gasteiger partial charge < -0.3 is 14.9 Å². The largest absolute Gasteiger partial charge is 0.505 e. The van der Waals surface area contributed by atoms with Gasteiger partial charge in [-0.1, -0.05) is 12.7 Å². The van der Waals surface area contributed by atoms with Crippen LogP contribution in [0.15, 0.2) is 24.8 Å². The number of phenolic OH excluding ortho intramolecular Hbond substituents is 1. The van der Waals surface area contributed by atoms with Gasteiger partial charge in [0.15, 0.2) is 11.6 Å². The number of carbonyl (C=O) groups is 2. The van der Waals surface area contributed by atoms with Gasteiger partial charge in [-0.05, 0) is 6.07 Å². The van der Waals surface area contributed by atoms with Crippen LogP contribution in [-0.2, 0) is 4.74 Å². The number of hydrogen-bond donors (Lipinski definition) is 3. The minimum absolute atomic E-state index is 0.0746. The fourth-order valence-electron chi connectivity index (χ4n) is 1.12. The molecular formula is C11H10FNO5. The summed E-state index contributed by atoms with van der Waals surface area (Å²) in [6.07, 6.45) is 0.359. The summed E-state index contributed by atoms with van der Waals surface area (Å²) < 4.78 is 17.6. The van der Waals surface area contributed by atoms with Gasteiger partial charge in [-0.3, -0.25) is 5.32 Å². The lowest BCUT2D eigenvalue weighted by Crippen LogP contribution is -2.16. The fraction of sp³-hybridized carbons (Fsp3) is 0.0909. The van der Waals surface area contributed by atoms with E-state index >= 15 is 0 Å². The van der Waals surface area contributed by atoms with Crippen LogP contribution in [0.3, 0.4) is 0 Å².